The summed E-state index contributed by atoms with van der Waals surface area (Å²) in [5.41, 5.74) is 2.59. The van der Waals surface area contributed by atoms with Crippen molar-refractivity contribution in [2.45, 2.75) is 72.3 Å². The van der Waals surface area contributed by atoms with E-state index in [1.54, 1.807) is 6.08 Å². The molecule has 0 spiro atoms. The standard InChI is InChI=1S/C27H36O4/c1-15-13-23(31-25(30)19(15)14-28)16(2)20-8-9-21-18-7-5-17-6-10-24(29)27(17,4)22(18)11-12-26(20,21)3/h5-6,10,16,18,20-23,28H,7-9,11-14H2,1-4H3. The van der Waals surface area contributed by atoms with Gasteiger partial charge in [0.15, 0.2) is 5.78 Å². The molecule has 4 aliphatic carbocycles. The summed E-state index contributed by atoms with van der Waals surface area (Å²) in [5, 5.41) is 9.49. The largest absolute Gasteiger partial charge is 0.458 e. The quantitative estimate of drug-likeness (QED) is 0.662. The molecule has 2 fully saturated rings. The predicted molar refractivity (Wildman–Crippen MR) is 119 cm³/mol. The van der Waals surface area contributed by atoms with Gasteiger partial charge in [-0.2, -0.15) is 0 Å². The summed E-state index contributed by atoms with van der Waals surface area (Å²) in [6.07, 6.45) is 12.6. The van der Waals surface area contributed by atoms with Crippen molar-refractivity contribution < 1.29 is 19.4 Å². The Balaban J connectivity index is 1.39. The lowest BCUT2D eigenvalue weighted by Gasteiger charge is -2.55. The number of ketones is 1. The van der Waals surface area contributed by atoms with Crippen molar-refractivity contribution in [2.75, 3.05) is 6.61 Å². The van der Waals surface area contributed by atoms with Crippen LogP contribution in [0.2, 0.25) is 0 Å². The van der Waals surface area contributed by atoms with Gasteiger partial charge in [-0.1, -0.05) is 31.6 Å². The topological polar surface area (TPSA) is 63.6 Å². The van der Waals surface area contributed by atoms with E-state index in [0.717, 1.165) is 31.3 Å². The number of carbonyl (C=O) groups is 2. The van der Waals surface area contributed by atoms with Gasteiger partial charge in [0.2, 0.25) is 0 Å². The molecule has 0 aromatic rings. The molecule has 168 valence electrons. The second-order valence-electron chi connectivity index (χ2n) is 11.3. The number of carbonyl (C=O) groups excluding carboxylic acids is 2. The molecule has 8 atom stereocenters. The fraction of sp³-hybridized carbons (Fsp3) is 0.704. The Morgan fingerprint density at radius 1 is 1.16 bits per heavy atom. The molecular weight excluding hydrogens is 388 g/mol. The minimum Gasteiger partial charge on any atom is -0.458 e. The van der Waals surface area contributed by atoms with E-state index in [4.69, 9.17) is 4.74 Å². The van der Waals surface area contributed by atoms with Gasteiger partial charge < -0.3 is 9.84 Å². The molecule has 8 unspecified atom stereocenters. The summed E-state index contributed by atoms with van der Waals surface area (Å²) in [6, 6.07) is 0. The lowest BCUT2D eigenvalue weighted by Crippen LogP contribution is -2.51. The number of esters is 1. The van der Waals surface area contributed by atoms with Gasteiger partial charge in [0.1, 0.15) is 6.10 Å². The van der Waals surface area contributed by atoms with Gasteiger partial charge in [0, 0.05) is 6.42 Å². The van der Waals surface area contributed by atoms with Gasteiger partial charge in [0.25, 0.3) is 0 Å². The van der Waals surface area contributed by atoms with Gasteiger partial charge in [-0.25, -0.2) is 4.79 Å². The number of cyclic esters (lactones) is 1. The Kier molecular flexibility index (Phi) is 4.89. The van der Waals surface area contributed by atoms with Crippen molar-refractivity contribution in [3.8, 4) is 0 Å². The second kappa shape index (κ2) is 7.16. The highest BCUT2D eigenvalue weighted by molar-refractivity contribution is 6.01. The molecular formula is C27H36O4. The van der Waals surface area contributed by atoms with Crippen LogP contribution in [0.25, 0.3) is 0 Å². The Bertz CT molecular complexity index is 910. The zero-order valence-electron chi connectivity index (χ0n) is 19.3. The first-order valence-electron chi connectivity index (χ1n) is 12.2. The molecule has 5 rings (SSSR count). The molecule has 0 saturated heterocycles. The maximum atomic E-state index is 12.9. The summed E-state index contributed by atoms with van der Waals surface area (Å²) in [6.45, 7) is 8.65. The molecule has 4 heteroatoms. The molecule has 0 aromatic carbocycles. The lowest BCUT2D eigenvalue weighted by atomic mass is 9.48. The van der Waals surface area contributed by atoms with E-state index in [2.05, 4.69) is 32.9 Å². The normalized spacial score (nSPS) is 45.1. The highest BCUT2D eigenvalue weighted by Crippen LogP contribution is 2.66. The SMILES string of the molecule is CC1=C(CO)C(=O)OC(C(C)C2CCC3C4CC=C5C=CC(=O)C5(C)C4CCC23C)C1. The summed E-state index contributed by atoms with van der Waals surface area (Å²) in [7, 11) is 0. The van der Waals surface area contributed by atoms with Gasteiger partial charge in [0.05, 0.1) is 17.6 Å². The van der Waals surface area contributed by atoms with Crippen molar-refractivity contribution in [3.05, 3.63) is 34.9 Å². The number of aliphatic hydroxyl groups excluding tert-OH is 1. The van der Waals surface area contributed by atoms with E-state index in [1.165, 1.54) is 18.4 Å². The van der Waals surface area contributed by atoms with Gasteiger partial charge in [-0.3, -0.25) is 4.79 Å². The van der Waals surface area contributed by atoms with Gasteiger partial charge in [-0.15, -0.1) is 0 Å². The molecule has 1 heterocycles. The lowest BCUT2D eigenvalue weighted by molar-refractivity contribution is -0.152. The summed E-state index contributed by atoms with van der Waals surface area (Å²) < 4.78 is 5.83. The fourth-order valence-electron chi connectivity index (χ4n) is 8.43. The first-order valence-corrected chi connectivity index (χ1v) is 12.2. The maximum Gasteiger partial charge on any atom is 0.336 e. The van der Waals surface area contributed by atoms with E-state index in [1.807, 2.05) is 6.92 Å². The van der Waals surface area contributed by atoms with Crippen molar-refractivity contribution >= 4 is 11.8 Å². The first kappa shape index (κ1) is 21.2. The number of rotatable bonds is 3. The van der Waals surface area contributed by atoms with Crippen LogP contribution in [-0.2, 0) is 14.3 Å². The van der Waals surface area contributed by atoms with Crippen molar-refractivity contribution in [1.29, 1.82) is 0 Å². The predicted octanol–water partition coefficient (Wildman–Crippen LogP) is 4.78. The van der Waals surface area contributed by atoms with Gasteiger partial charge in [-0.05, 0) is 92.6 Å². The Labute approximate surface area is 185 Å². The average Bonchev–Trinajstić information content (AvgIpc) is 3.24. The molecule has 4 nitrogen and oxygen atoms in total. The van der Waals surface area contributed by atoms with Crippen molar-refractivity contribution in [1.82, 2.24) is 0 Å². The van der Waals surface area contributed by atoms with Crippen LogP contribution in [0, 0.1) is 40.4 Å². The first-order chi connectivity index (χ1) is 14.7. The molecule has 5 aliphatic rings. The second-order valence-corrected chi connectivity index (χ2v) is 11.3. The fourth-order valence-corrected chi connectivity index (χ4v) is 8.43. The van der Waals surface area contributed by atoms with E-state index < -0.39 is 0 Å². The number of aliphatic hydroxyl groups is 1. The molecule has 2 saturated carbocycles. The number of fused-ring (bicyclic) bond motifs is 5. The third-order valence-corrected chi connectivity index (χ3v) is 10.3. The minimum absolute atomic E-state index is 0.0999. The third-order valence-electron chi connectivity index (χ3n) is 10.3. The monoisotopic (exact) mass is 424 g/mol. The third kappa shape index (κ3) is 2.83. The van der Waals surface area contributed by atoms with Crippen LogP contribution < -0.4 is 0 Å². The molecule has 1 aliphatic heterocycles. The van der Waals surface area contributed by atoms with Crippen LogP contribution >= 0.6 is 0 Å². The van der Waals surface area contributed by atoms with E-state index in [0.29, 0.717) is 40.9 Å². The zero-order valence-corrected chi connectivity index (χ0v) is 19.3. The average molecular weight is 425 g/mol. The Hall–Kier alpha value is -1.68. The zero-order chi connectivity index (χ0) is 22.1. The van der Waals surface area contributed by atoms with Crippen LogP contribution in [-0.4, -0.2) is 29.6 Å². The number of hydrogen-bond donors (Lipinski definition) is 1. The van der Waals surface area contributed by atoms with E-state index >= 15 is 0 Å². The van der Waals surface area contributed by atoms with Gasteiger partial charge >= 0.3 is 5.97 Å². The summed E-state index contributed by atoms with van der Waals surface area (Å²) in [4.78, 5) is 25.3. The maximum absolute atomic E-state index is 12.9. The summed E-state index contributed by atoms with van der Waals surface area (Å²) in [5.74, 6) is 2.44. The molecule has 0 aromatic heterocycles. The number of allylic oxidation sites excluding steroid dienone is 4. The molecule has 0 radical (unpaired) electrons. The molecule has 0 amide bonds. The van der Waals surface area contributed by atoms with Crippen LogP contribution in [0.15, 0.2) is 34.9 Å². The van der Waals surface area contributed by atoms with Crippen LogP contribution in [0.3, 0.4) is 0 Å². The highest BCUT2D eigenvalue weighted by Gasteiger charge is 2.61. The van der Waals surface area contributed by atoms with Crippen LogP contribution in [0.4, 0.5) is 0 Å². The van der Waals surface area contributed by atoms with Crippen LogP contribution in [0.5, 0.6) is 0 Å². The number of ether oxygens (including phenoxy) is 1. The summed E-state index contributed by atoms with van der Waals surface area (Å²) >= 11 is 0. The van der Waals surface area contributed by atoms with Crippen molar-refractivity contribution in [3.63, 3.8) is 0 Å². The minimum atomic E-state index is -0.336. The Morgan fingerprint density at radius 2 is 1.94 bits per heavy atom. The highest BCUT2D eigenvalue weighted by atomic mass is 16.5. The molecule has 31 heavy (non-hydrogen) atoms. The smallest absolute Gasteiger partial charge is 0.336 e. The number of hydrogen-bond acceptors (Lipinski definition) is 4. The van der Waals surface area contributed by atoms with Crippen LogP contribution in [0.1, 0.15) is 66.2 Å². The van der Waals surface area contributed by atoms with Crippen molar-refractivity contribution in [2.24, 2.45) is 40.4 Å². The van der Waals surface area contributed by atoms with E-state index in [9.17, 15) is 14.7 Å². The Morgan fingerprint density at radius 3 is 2.65 bits per heavy atom. The van der Waals surface area contributed by atoms with E-state index in [-0.39, 0.29) is 29.5 Å². The molecule has 0 bridgehead atoms. The molecule has 1 N–H and O–H groups in total.